The first-order valence-electron chi connectivity index (χ1n) is 9.24. The Bertz CT molecular complexity index is 1050. The normalized spacial score (nSPS) is 15.7. The summed E-state index contributed by atoms with van der Waals surface area (Å²) in [5.74, 6) is 1.52. The van der Waals surface area contributed by atoms with Crippen molar-refractivity contribution >= 4 is 15.8 Å². The largest absolute Gasteiger partial charge is 0.352 e. The van der Waals surface area contributed by atoms with E-state index in [1.807, 2.05) is 67.2 Å². The van der Waals surface area contributed by atoms with Crippen LogP contribution in [0, 0.1) is 13.8 Å². The lowest BCUT2D eigenvalue weighted by atomic mass is 10.2. The predicted octanol–water partition coefficient (Wildman–Crippen LogP) is 2.40. The van der Waals surface area contributed by atoms with E-state index in [2.05, 4.69) is 15.1 Å². The van der Waals surface area contributed by atoms with Crippen molar-refractivity contribution in [2.24, 2.45) is 0 Å². The molecule has 1 aliphatic rings. The molecule has 7 nitrogen and oxygen atoms in total. The molecule has 0 spiro atoms. The van der Waals surface area contributed by atoms with Crippen LogP contribution in [0.25, 0.3) is 5.82 Å². The Morgan fingerprint density at radius 1 is 0.857 bits per heavy atom. The number of nitrogens with zero attached hydrogens (tertiary/aromatic N) is 5. The summed E-state index contributed by atoms with van der Waals surface area (Å²) in [6.45, 7) is 5.77. The number of anilines is 1. The molecule has 3 heterocycles. The molecule has 3 aromatic rings. The minimum atomic E-state index is -3.49. The van der Waals surface area contributed by atoms with Crippen LogP contribution in [-0.4, -0.2) is 53.7 Å². The second-order valence-corrected chi connectivity index (χ2v) is 8.91. The van der Waals surface area contributed by atoms with Gasteiger partial charge in [-0.3, -0.25) is 0 Å². The van der Waals surface area contributed by atoms with Gasteiger partial charge < -0.3 is 9.47 Å². The first-order valence-corrected chi connectivity index (χ1v) is 10.7. The van der Waals surface area contributed by atoms with Crippen LogP contribution in [-0.2, 0) is 10.0 Å². The number of sulfonamides is 1. The Labute approximate surface area is 165 Å². The summed E-state index contributed by atoms with van der Waals surface area (Å²) in [5.41, 5.74) is 1.72. The molecule has 1 saturated heterocycles. The molecule has 1 aromatic carbocycles. The Morgan fingerprint density at radius 3 is 2.14 bits per heavy atom. The highest BCUT2D eigenvalue weighted by atomic mass is 32.2. The highest BCUT2D eigenvalue weighted by Gasteiger charge is 2.30. The summed E-state index contributed by atoms with van der Waals surface area (Å²) >= 11 is 0. The quantitative estimate of drug-likeness (QED) is 0.676. The molecule has 4 rings (SSSR count). The SMILES string of the molecule is Cc1ccc(C)c(S(=O)(=O)N2CCN(c3ccc(-n4cccc4)nn3)CC2)c1. The maximum Gasteiger partial charge on any atom is 0.243 e. The van der Waals surface area contributed by atoms with Crippen molar-refractivity contribution in [3.05, 3.63) is 66.0 Å². The number of benzene rings is 1. The van der Waals surface area contributed by atoms with E-state index in [0.29, 0.717) is 31.1 Å². The van der Waals surface area contributed by atoms with Gasteiger partial charge in [0.25, 0.3) is 0 Å². The molecule has 8 heteroatoms. The topological polar surface area (TPSA) is 71.3 Å². The van der Waals surface area contributed by atoms with Crippen molar-refractivity contribution in [1.82, 2.24) is 19.1 Å². The van der Waals surface area contributed by atoms with Crippen LogP contribution in [0.3, 0.4) is 0 Å². The zero-order valence-electron chi connectivity index (χ0n) is 16.0. The van der Waals surface area contributed by atoms with Gasteiger partial charge in [0.15, 0.2) is 11.6 Å². The molecule has 0 radical (unpaired) electrons. The van der Waals surface area contributed by atoms with Gasteiger partial charge in [-0.15, -0.1) is 10.2 Å². The van der Waals surface area contributed by atoms with Crippen molar-refractivity contribution in [2.75, 3.05) is 31.1 Å². The van der Waals surface area contributed by atoms with Crippen LogP contribution in [0.15, 0.2) is 59.8 Å². The number of piperazine rings is 1. The minimum Gasteiger partial charge on any atom is -0.352 e. The van der Waals surface area contributed by atoms with Gasteiger partial charge in [0, 0.05) is 38.6 Å². The van der Waals surface area contributed by atoms with Gasteiger partial charge in [-0.1, -0.05) is 12.1 Å². The maximum absolute atomic E-state index is 13.1. The van der Waals surface area contributed by atoms with Crippen LogP contribution < -0.4 is 4.90 Å². The first kappa shape index (κ1) is 18.6. The fraction of sp³-hybridized carbons (Fsp3) is 0.300. The number of aromatic nitrogens is 3. The van der Waals surface area contributed by atoms with E-state index in [9.17, 15) is 8.42 Å². The smallest absolute Gasteiger partial charge is 0.243 e. The fourth-order valence-electron chi connectivity index (χ4n) is 3.39. The van der Waals surface area contributed by atoms with E-state index in [4.69, 9.17) is 0 Å². The minimum absolute atomic E-state index is 0.400. The standard InChI is InChI=1S/C20H23N5O2S/c1-16-5-6-17(2)18(15-16)28(26,27)25-13-11-24(12-14-25)20-8-7-19(21-22-20)23-9-3-4-10-23/h3-10,15H,11-14H2,1-2H3. The average molecular weight is 398 g/mol. The van der Waals surface area contributed by atoms with Crippen molar-refractivity contribution < 1.29 is 8.42 Å². The summed E-state index contributed by atoms with van der Waals surface area (Å²) in [7, 11) is -3.49. The molecule has 1 aliphatic heterocycles. The predicted molar refractivity (Wildman–Crippen MR) is 108 cm³/mol. The molecule has 28 heavy (non-hydrogen) atoms. The van der Waals surface area contributed by atoms with Crippen molar-refractivity contribution in [1.29, 1.82) is 0 Å². The number of hydrogen-bond acceptors (Lipinski definition) is 5. The van der Waals surface area contributed by atoms with Crippen molar-refractivity contribution in [3.63, 3.8) is 0 Å². The summed E-state index contributed by atoms with van der Waals surface area (Å²) in [4.78, 5) is 2.47. The van der Waals surface area contributed by atoms with Gasteiger partial charge in [-0.2, -0.15) is 4.31 Å². The molecule has 0 bridgehead atoms. The molecule has 0 N–H and O–H groups in total. The van der Waals surface area contributed by atoms with Crippen LogP contribution in [0.4, 0.5) is 5.82 Å². The molecule has 2 aromatic heterocycles. The highest BCUT2D eigenvalue weighted by Crippen LogP contribution is 2.23. The van der Waals surface area contributed by atoms with E-state index >= 15 is 0 Å². The molecule has 146 valence electrons. The van der Waals surface area contributed by atoms with E-state index in [0.717, 1.165) is 22.8 Å². The van der Waals surface area contributed by atoms with E-state index < -0.39 is 10.0 Å². The molecule has 0 saturated carbocycles. The van der Waals surface area contributed by atoms with Gasteiger partial charge in [-0.25, -0.2) is 8.42 Å². The molecule has 1 fully saturated rings. The molecule has 0 atom stereocenters. The zero-order chi connectivity index (χ0) is 19.7. The lowest BCUT2D eigenvalue weighted by Gasteiger charge is -2.34. The van der Waals surface area contributed by atoms with Gasteiger partial charge in [0.1, 0.15) is 0 Å². The van der Waals surface area contributed by atoms with Crippen LogP contribution in [0.5, 0.6) is 0 Å². The van der Waals surface area contributed by atoms with Crippen LogP contribution in [0.1, 0.15) is 11.1 Å². The molecule has 0 aliphatic carbocycles. The molecular formula is C20H23N5O2S. The fourth-order valence-corrected chi connectivity index (χ4v) is 5.13. The summed E-state index contributed by atoms with van der Waals surface area (Å²) in [6, 6.07) is 13.3. The van der Waals surface area contributed by atoms with Crippen molar-refractivity contribution in [3.8, 4) is 5.82 Å². The summed E-state index contributed by atoms with van der Waals surface area (Å²) in [6.07, 6.45) is 3.83. The zero-order valence-corrected chi connectivity index (χ0v) is 16.8. The van der Waals surface area contributed by atoms with E-state index in [1.165, 1.54) is 0 Å². The Morgan fingerprint density at radius 2 is 1.50 bits per heavy atom. The Balaban J connectivity index is 1.46. The van der Waals surface area contributed by atoms with Gasteiger partial charge in [-0.05, 0) is 55.3 Å². The third-order valence-corrected chi connectivity index (χ3v) is 7.07. The van der Waals surface area contributed by atoms with Crippen LogP contribution >= 0.6 is 0 Å². The van der Waals surface area contributed by atoms with Gasteiger partial charge in [0.05, 0.1) is 4.90 Å². The number of hydrogen-bond donors (Lipinski definition) is 0. The van der Waals surface area contributed by atoms with Gasteiger partial charge in [0.2, 0.25) is 10.0 Å². The lowest BCUT2D eigenvalue weighted by Crippen LogP contribution is -2.49. The molecule has 0 unspecified atom stereocenters. The Kier molecular flexibility index (Phi) is 4.91. The molecule has 0 amide bonds. The second-order valence-electron chi connectivity index (χ2n) is 7.00. The average Bonchev–Trinajstić information content (AvgIpc) is 3.25. The summed E-state index contributed by atoms with van der Waals surface area (Å²) in [5, 5.41) is 8.59. The Hall–Kier alpha value is -2.71. The monoisotopic (exact) mass is 397 g/mol. The van der Waals surface area contributed by atoms with E-state index in [1.54, 1.807) is 10.4 Å². The summed E-state index contributed by atoms with van der Waals surface area (Å²) < 4.78 is 29.6. The van der Waals surface area contributed by atoms with E-state index in [-0.39, 0.29) is 0 Å². The second kappa shape index (κ2) is 7.37. The number of rotatable bonds is 4. The first-order chi connectivity index (χ1) is 13.4. The van der Waals surface area contributed by atoms with Crippen molar-refractivity contribution in [2.45, 2.75) is 18.7 Å². The van der Waals surface area contributed by atoms with Gasteiger partial charge >= 0.3 is 0 Å². The third-order valence-electron chi connectivity index (χ3n) is 5.03. The van der Waals surface area contributed by atoms with Crippen LogP contribution in [0.2, 0.25) is 0 Å². The maximum atomic E-state index is 13.1. The lowest BCUT2D eigenvalue weighted by molar-refractivity contribution is 0.383. The molecular weight excluding hydrogens is 374 g/mol. The third kappa shape index (κ3) is 3.53. The number of aryl methyl sites for hydroxylation is 2. The highest BCUT2D eigenvalue weighted by molar-refractivity contribution is 7.89.